The maximum absolute atomic E-state index is 10.4. The molecule has 0 bridgehead atoms. The van der Waals surface area contributed by atoms with Crippen LogP contribution in [0.4, 0.5) is 0 Å². The van der Waals surface area contributed by atoms with E-state index in [0.717, 1.165) is 45.7 Å². The molecule has 6 nitrogen and oxygen atoms in total. The Hall–Kier alpha value is -1.34. The number of hydrogen-bond donors (Lipinski definition) is 1. The summed E-state index contributed by atoms with van der Waals surface area (Å²) >= 11 is 0. The normalized spacial score (nSPS) is 20.3. The Labute approximate surface area is 169 Å². The number of benzene rings is 1. The minimum atomic E-state index is -0.489. The highest BCUT2D eigenvalue weighted by molar-refractivity contribution is 5.43. The van der Waals surface area contributed by atoms with Gasteiger partial charge < -0.3 is 24.2 Å². The summed E-state index contributed by atoms with van der Waals surface area (Å²) in [5, 5.41) is 10.4. The molecule has 2 saturated heterocycles. The van der Waals surface area contributed by atoms with Gasteiger partial charge in [-0.15, -0.1) is 0 Å². The van der Waals surface area contributed by atoms with Crippen molar-refractivity contribution in [3.8, 4) is 11.5 Å². The summed E-state index contributed by atoms with van der Waals surface area (Å²) in [5.74, 6) is 1.42. The molecule has 28 heavy (non-hydrogen) atoms. The highest BCUT2D eigenvalue weighted by Crippen LogP contribution is 2.29. The van der Waals surface area contributed by atoms with E-state index in [4.69, 9.17) is 14.2 Å². The maximum atomic E-state index is 10.4. The van der Waals surface area contributed by atoms with E-state index in [1.165, 1.54) is 24.8 Å². The van der Waals surface area contributed by atoms with Crippen molar-refractivity contribution in [2.24, 2.45) is 0 Å². The molecule has 0 radical (unpaired) electrons. The van der Waals surface area contributed by atoms with Gasteiger partial charge in [0.1, 0.15) is 12.7 Å². The molecule has 2 heterocycles. The lowest BCUT2D eigenvalue weighted by molar-refractivity contribution is 0.0406. The van der Waals surface area contributed by atoms with Gasteiger partial charge in [-0.25, -0.2) is 0 Å². The number of methoxy groups -OCH3 is 1. The van der Waals surface area contributed by atoms with Crippen LogP contribution in [-0.2, 0) is 11.3 Å². The standard InChI is InChI=1S/C22H36N2O4/c1-23(19-8-12-27-13-9-19)15-18-6-7-21(26-2)22(14-18)28-17-20(25)16-24-10-4-3-5-11-24/h6-7,14,19-20,25H,3-5,8-13,15-17H2,1-2H3. The molecule has 158 valence electrons. The number of ether oxygens (including phenoxy) is 3. The summed E-state index contributed by atoms with van der Waals surface area (Å²) in [5.41, 5.74) is 1.19. The third-order valence-corrected chi connectivity index (χ3v) is 5.82. The van der Waals surface area contributed by atoms with Crippen molar-refractivity contribution >= 4 is 0 Å². The minimum Gasteiger partial charge on any atom is -0.493 e. The highest BCUT2D eigenvalue weighted by atomic mass is 16.5. The van der Waals surface area contributed by atoms with Gasteiger partial charge in [0.15, 0.2) is 11.5 Å². The largest absolute Gasteiger partial charge is 0.493 e. The molecule has 6 heteroatoms. The first kappa shape index (κ1) is 21.4. The number of rotatable bonds is 9. The molecule has 0 aliphatic carbocycles. The zero-order valence-corrected chi connectivity index (χ0v) is 17.4. The van der Waals surface area contributed by atoms with Crippen LogP contribution in [0.2, 0.25) is 0 Å². The highest BCUT2D eigenvalue weighted by Gasteiger charge is 2.19. The summed E-state index contributed by atoms with van der Waals surface area (Å²) in [6.45, 7) is 5.67. The van der Waals surface area contributed by atoms with E-state index in [-0.39, 0.29) is 6.61 Å². The first-order valence-corrected chi connectivity index (χ1v) is 10.6. The van der Waals surface area contributed by atoms with Crippen molar-refractivity contribution in [1.29, 1.82) is 0 Å². The Bertz CT molecular complexity index is 586. The number of hydrogen-bond acceptors (Lipinski definition) is 6. The van der Waals surface area contributed by atoms with Crippen molar-refractivity contribution in [2.75, 3.05) is 53.6 Å². The van der Waals surface area contributed by atoms with Crippen molar-refractivity contribution in [3.05, 3.63) is 23.8 Å². The second-order valence-corrected chi connectivity index (χ2v) is 8.07. The Morgan fingerprint density at radius 1 is 1.18 bits per heavy atom. The number of aliphatic hydroxyl groups excluding tert-OH is 1. The predicted molar refractivity (Wildman–Crippen MR) is 110 cm³/mol. The fraction of sp³-hybridized carbons (Fsp3) is 0.727. The Morgan fingerprint density at radius 2 is 1.93 bits per heavy atom. The summed E-state index contributed by atoms with van der Waals surface area (Å²) in [4.78, 5) is 4.72. The Kier molecular flexibility index (Phi) is 8.40. The summed E-state index contributed by atoms with van der Waals surface area (Å²) < 4.78 is 16.9. The summed E-state index contributed by atoms with van der Waals surface area (Å²) in [6, 6.07) is 6.65. The van der Waals surface area contributed by atoms with E-state index < -0.39 is 6.10 Å². The number of β-amino-alcohol motifs (C(OH)–C–C–N with tert-alkyl or cyclic N) is 1. The molecular weight excluding hydrogens is 356 g/mol. The van der Waals surface area contributed by atoms with Gasteiger partial charge in [0.25, 0.3) is 0 Å². The van der Waals surface area contributed by atoms with E-state index in [9.17, 15) is 5.11 Å². The molecule has 0 aromatic heterocycles. The maximum Gasteiger partial charge on any atom is 0.161 e. The second-order valence-electron chi connectivity index (χ2n) is 8.07. The van der Waals surface area contributed by atoms with Gasteiger partial charge in [-0.1, -0.05) is 12.5 Å². The van der Waals surface area contributed by atoms with Crippen LogP contribution < -0.4 is 9.47 Å². The molecule has 1 aromatic carbocycles. The van der Waals surface area contributed by atoms with Crippen LogP contribution in [0.1, 0.15) is 37.7 Å². The predicted octanol–water partition coefficient (Wildman–Crippen LogP) is 2.53. The molecule has 1 N–H and O–H groups in total. The number of piperidine rings is 1. The van der Waals surface area contributed by atoms with Crippen LogP contribution in [0.15, 0.2) is 18.2 Å². The van der Waals surface area contributed by atoms with Gasteiger partial charge in [0.2, 0.25) is 0 Å². The fourth-order valence-corrected chi connectivity index (χ4v) is 4.15. The SMILES string of the molecule is COc1ccc(CN(C)C2CCOCC2)cc1OCC(O)CN1CCCCC1. The van der Waals surface area contributed by atoms with E-state index in [1.807, 2.05) is 12.1 Å². The molecule has 0 saturated carbocycles. The fourth-order valence-electron chi connectivity index (χ4n) is 4.15. The lowest BCUT2D eigenvalue weighted by atomic mass is 10.1. The second kappa shape index (κ2) is 11.0. The molecule has 0 amide bonds. The molecule has 2 aliphatic heterocycles. The quantitative estimate of drug-likeness (QED) is 0.697. The van der Waals surface area contributed by atoms with Crippen molar-refractivity contribution in [3.63, 3.8) is 0 Å². The van der Waals surface area contributed by atoms with Gasteiger partial charge >= 0.3 is 0 Å². The van der Waals surface area contributed by atoms with Crippen molar-refractivity contribution in [1.82, 2.24) is 9.80 Å². The summed E-state index contributed by atoms with van der Waals surface area (Å²) in [6.07, 6.45) is 5.43. The van der Waals surface area contributed by atoms with Crippen molar-refractivity contribution < 1.29 is 19.3 Å². The van der Waals surface area contributed by atoms with E-state index in [0.29, 0.717) is 24.1 Å². The first-order chi connectivity index (χ1) is 13.7. The number of nitrogens with zero attached hydrogens (tertiary/aromatic N) is 2. The lowest BCUT2D eigenvalue weighted by Crippen LogP contribution is -2.38. The zero-order valence-electron chi connectivity index (χ0n) is 17.4. The molecular formula is C22H36N2O4. The topological polar surface area (TPSA) is 54.4 Å². The van der Waals surface area contributed by atoms with Crippen LogP contribution in [0.3, 0.4) is 0 Å². The molecule has 1 atom stereocenters. The smallest absolute Gasteiger partial charge is 0.161 e. The average molecular weight is 393 g/mol. The average Bonchev–Trinajstić information content (AvgIpc) is 2.73. The van der Waals surface area contributed by atoms with Gasteiger partial charge in [0.05, 0.1) is 7.11 Å². The van der Waals surface area contributed by atoms with E-state index >= 15 is 0 Å². The van der Waals surface area contributed by atoms with Crippen LogP contribution in [-0.4, -0.2) is 80.7 Å². The minimum absolute atomic E-state index is 0.284. The van der Waals surface area contributed by atoms with Gasteiger partial charge in [0, 0.05) is 32.3 Å². The zero-order chi connectivity index (χ0) is 19.8. The molecule has 1 unspecified atom stereocenters. The van der Waals surface area contributed by atoms with Gasteiger partial charge in [-0.2, -0.15) is 0 Å². The third-order valence-electron chi connectivity index (χ3n) is 5.82. The summed E-state index contributed by atoms with van der Waals surface area (Å²) in [7, 11) is 3.82. The number of aliphatic hydroxyl groups is 1. The van der Waals surface area contributed by atoms with Crippen LogP contribution in [0.5, 0.6) is 11.5 Å². The van der Waals surface area contributed by atoms with Gasteiger partial charge in [-0.3, -0.25) is 4.90 Å². The third kappa shape index (κ3) is 6.34. The monoisotopic (exact) mass is 392 g/mol. The molecule has 2 aliphatic rings. The molecule has 2 fully saturated rings. The van der Waals surface area contributed by atoms with Crippen LogP contribution >= 0.6 is 0 Å². The molecule has 3 rings (SSSR count). The van der Waals surface area contributed by atoms with E-state index in [2.05, 4.69) is 22.9 Å². The molecule has 0 spiro atoms. The first-order valence-electron chi connectivity index (χ1n) is 10.6. The number of likely N-dealkylation sites (tertiary alicyclic amines) is 1. The Balaban J connectivity index is 1.54. The van der Waals surface area contributed by atoms with Crippen molar-refractivity contribution in [2.45, 2.75) is 50.8 Å². The Morgan fingerprint density at radius 3 is 2.64 bits per heavy atom. The molecule has 1 aromatic rings. The van der Waals surface area contributed by atoms with Crippen LogP contribution in [0.25, 0.3) is 0 Å². The van der Waals surface area contributed by atoms with Gasteiger partial charge in [-0.05, 0) is 63.5 Å². The van der Waals surface area contributed by atoms with Crippen LogP contribution in [0, 0.1) is 0 Å². The van der Waals surface area contributed by atoms with E-state index in [1.54, 1.807) is 7.11 Å². The lowest BCUT2D eigenvalue weighted by Gasteiger charge is -2.31.